The summed E-state index contributed by atoms with van der Waals surface area (Å²) in [6.07, 6.45) is -3.54. The number of halogens is 3. The van der Waals surface area contributed by atoms with Crippen molar-refractivity contribution in [2.75, 3.05) is 0 Å². The van der Waals surface area contributed by atoms with E-state index < -0.39 is 26.8 Å². The van der Waals surface area contributed by atoms with Gasteiger partial charge in [-0.25, -0.2) is 0 Å². The van der Waals surface area contributed by atoms with Crippen molar-refractivity contribution >= 4 is 8.56 Å². The molecular formula is C15H31F3O2Si. The highest BCUT2D eigenvalue weighted by atomic mass is 28.4. The number of hydrogen-bond donors (Lipinski definition) is 0. The Labute approximate surface area is 128 Å². The Bertz CT molecular complexity index is 291. The molecule has 0 aliphatic rings. The van der Waals surface area contributed by atoms with Crippen LogP contribution in [0.25, 0.3) is 0 Å². The van der Waals surface area contributed by atoms with Gasteiger partial charge in [0, 0.05) is 12.5 Å². The van der Waals surface area contributed by atoms with Crippen molar-refractivity contribution in [3.8, 4) is 0 Å². The van der Waals surface area contributed by atoms with Crippen molar-refractivity contribution in [2.24, 2.45) is 0 Å². The Hall–Kier alpha value is -0.0731. The number of alkyl halides is 3. The highest BCUT2D eigenvalue weighted by Crippen LogP contribution is 2.33. The van der Waals surface area contributed by atoms with Gasteiger partial charge in [0.1, 0.15) is 0 Å². The molecule has 0 rings (SSSR count). The maximum absolute atomic E-state index is 12.3. The molecule has 0 N–H and O–H groups in total. The molecule has 0 aromatic carbocycles. The van der Waals surface area contributed by atoms with Crippen LogP contribution in [0.2, 0.25) is 12.1 Å². The van der Waals surface area contributed by atoms with Gasteiger partial charge in [0.15, 0.2) is 0 Å². The van der Waals surface area contributed by atoms with Gasteiger partial charge in [0.2, 0.25) is 0 Å². The van der Waals surface area contributed by atoms with E-state index in [1.165, 1.54) is 0 Å². The summed E-state index contributed by atoms with van der Waals surface area (Å²) >= 11 is 0. The van der Waals surface area contributed by atoms with Crippen LogP contribution in [0.1, 0.15) is 67.2 Å². The smallest absolute Gasteiger partial charge is 0.389 e. The van der Waals surface area contributed by atoms with Crippen molar-refractivity contribution in [3.05, 3.63) is 0 Å². The maximum Gasteiger partial charge on any atom is 0.389 e. The summed E-state index contributed by atoms with van der Waals surface area (Å²) in [6.45, 7) is 11.9. The van der Waals surface area contributed by atoms with E-state index in [2.05, 4.69) is 0 Å². The molecule has 0 bridgehead atoms. The zero-order chi connectivity index (χ0) is 16.7. The summed E-state index contributed by atoms with van der Waals surface area (Å²) in [5, 5.41) is 0. The minimum atomic E-state index is -4.09. The molecule has 0 heterocycles. The van der Waals surface area contributed by atoms with Crippen LogP contribution < -0.4 is 0 Å². The highest BCUT2D eigenvalue weighted by Gasteiger charge is 2.41. The third-order valence-corrected chi connectivity index (χ3v) is 7.79. The fourth-order valence-corrected chi connectivity index (χ4v) is 5.60. The van der Waals surface area contributed by atoms with Crippen LogP contribution in [0.5, 0.6) is 0 Å². The standard InChI is InChI=1S/C15H31F3O2Si/c1-7-14(6,11-10-12-15(16,17)18)20-21(8-2,9-3)19-13(4)5/h13H,7-12H2,1-6H3. The largest absolute Gasteiger partial charge is 0.392 e. The van der Waals surface area contributed by atoms with Gasteiger partial charge in [-0.05, 0) is 52.1 Å². The summed E-state index contributed by atoms with van der Waals surface area (Å²) in [4.78, 5) is 0. The third-order valence-electron chi connectivity index (χ3n) is 3.87. The number of rotatable bonds is 10. The second kappa shape index (κ2) is 8.53. The Morgan fingerprint density at radius 2 is 1.52 bits per heavy atom. The van der Waals surface area contributed by atoms with Gasteiger partial charge in [-0.1, -0.05) is 20.8 Å². The summed E-state index contributed by atoms with van der Waals surface area (Å²) in [6, 6.07) is 1.63. The Kier molecular flexibility index (Phi) is 8.50. The van der Waals surface area contributed by atoms with Crippen LogP contribution >= 0.6 is 0 Å². The average Bonchev–Trinajstić information content (AvgIpc) is 2.35. The molecule has 0 amide bonds. The molecule has 0 fully saturated rings. The molecule has 21 heavy (non-hydrogen) atoms. The van der Waals surface area contributed by atoms with E-state index >= 15 is 0 Å². The average molecular weight is 328 g/mol. The molecule has 0 aromatic heterocycles. The van der Waals surface area contributed by atoms with Crippen molar-refractivity contribution in [1.29, 1.82) is 0 Å². The normalized spacial score (nSPS) is 16.3. The molecule has 128 valence electrons. The Balaban J connectivity index is 4.81. The summed E-state index contributed by atoms with van der Waals surface area (Å²) in [5.41, 5.74) is -0.529. The van der Waals surface area contributed by atoms with Crippen molar-refractivity contribution < 1.29 is 22.0 Å². The van der Waals surface area contributed by atoms with E-state index in [-0.39, 0.29) is 12.5 Å². The van der Waals surface area contributed by atoms with Gasteiger partial charge in [-0.2, -0.15) is 13.2 Å². The second-order valence-corrected chi connectivity index (χ2v) is 9.83. The predicted octanol–water partition coefficient (Wildman–Crippen LogP) is 5.81. The first-order valence-electron chi connectivity index (χ1n) is 7.96. The van der Waals surface area contributed by atoms with Crippen LogP contribution in [0.4, 0.5) is 13.2 Å². The van der Waals surface area contributed by atoms with Gasteiger partial charge < -0.3 is 8.85 Å². The molecule has 6 heteroatoms. The molecule has 0 saturated heterocycles. The van der Waals surface area contributed by atoms with Gasteiger partial charge in [0.05, 0.1) is 5.60 Å². The van der Waals surface area contributed by atoms with E-state index in [1.54, 1.807) is 0 Å². The Morgan fingerprint density at radius 3 is 1.86 bits per heavy atom. The minimum Gasteiger partial charge on any atom is -0.392 e. The summed E-state index contributed by atoms with van der Waals surface area (Å²) in [7, 11) is -2.34. The maximum atomic E-state index is 12.3. The molecule has 0 radical (unpaired) electrons. The molecule has 0 aliphatic carbocycles. The first kappa shape index (κ1) is 20.9. The predicted molar refractivity (Wildman–Crippen MR) is 82.6 cm³/mol. The molecule has 0 aromatic rings. The van der Waals surface area contributed by atoms with E-state index in [0.717, 1.165) is 12.1 Å². The lowest BCUT2D eigenvalue weighted by Crippen LogP contribution is -2.50. The van der Waals surface area contributed by atoms with Crippen LogP contribution in [0.3, 0.4) is 0 Å². The SMILES string of the molecule is CCC(C)(CCCC(F)(F)F)O[Si](CC)(CC)OC(C)C. The van der Waals surface area contributed by atoms with Crippen LogP contribution in [0, 0.1) is 0 Å². The third kappa shape index (κ3) is 8.21. The summed E-state index contributed by atoms with van der Waals surface area (Å²) in [5.74, 6) is 0. The number of hydrogen-bond acceptors (Lipinski definition) is 2. The molecule has 1 unspecified atom stereocenters. The second-order valence-electron chi connectivity index (χ2n) is 6.16. The lowest BCUT2D eigenvalue weighted by molar-refractivity contribution is -0.137. The van der Waals surface area contributed by atoms with Crippen molar-refractivity contribution in [1.82, 2.24) is 0 Å². The Morgan fingerprint density at radius 1 is 1.00 bits per heavy atom. The quantitative estimate of drug-likeness (QED) is 0.471. The van der Waals surface area contributed by atoms with E-state index in [9.17, 15) is 13.2 Å². The van der Waals surface area contributed by atoms with E-state index in [4.69, 9.17) is 8.85 Å². The molecular weight excluding hydrogens is 297 g/mol. The molecule has 2 nitrogen and oxygen atoms in total. The van der Waals surface area contributed by atoms with Crippen molar-refractivity contribution in [3.63, 3.8) is 0 Å². The molecule has 0 saturated carbocycles. The van der Waals surface area contributed by atoms with Gasteiger partial charge in [0.25, 0.3) is 0 Å². The van der Waals surface area contributed by atoms with E-state index in [1.807, 2.05) is 41.5 Å². The molecule has 0 aliphatic heterocycles. The topological polar surface area (TPSA) is 18.5 Å². The van der Waals surface area contributed by atoms with E-state index in [0.29, 0.717) is 12.8 Å². The molecule has 1 atom stereocenters. The monoisotopic (exact) mass is 328 g/mol. The first-order chi connectivity index (χ1) is 9.51. The lowest BCUT2D eigenvalue weighted by atomic mass is 9.96. The fourth-order valence-electron chi connectivity index (χ4n) is 2.43. The van der Waals surface area contributed by atoms with Crippen LogP contribution in [-0.4, -0.2) is 26.4 Å². The van der Waals surface area contributed by atoms with Gasteiger partial charge in [-0.3, -0.25) is 0 Å². The van der Waals surface area contributed by atoms with Crippen LogP contribution in [-0.2, 0) is 8.85 Å². The van der Waals surface area contributed by atoms with Crippen molar-refractivity contribution in [2.45, 2.75) is 97.2 Å². The first-order valence-corrected chi connectivity index (χ1v) is 10.2. The zero-order valence-corrected chi connectivity index (χ0v) is 15.3. The van der Waals surface area contributed by atoms with Crippen LogP contribution in [0.15, 0.2) is 0 Å². The zero-order valence-electron chi connectivity index (χ0n) is 14.3. The highest BCUT2D eigenvalue weighted by molar-refractivity contribution is 6.67. The fraction of sp³-hybridized carbons (Fsp3) is 1.00. The van der Waals surface area contributed by atoms with Gasteiger partial charge >= 0.3 is 14.7 Å². The summed E-state index contributed by atoms with van der Waals surface area (Å²) < 4.78 is 49.4. The lowest BCUT2D eigenvalue weighted by Gasteiger charge is -2.40. The minimum absolute atomic E-state index is 0.0767. The van der Waals surface area contributed by atoms with Gasteiger partial charge in [-0.15, -0.1) is 0 Å². The molecule has 0 spiro atoms.